The minimum Gasteiger partial charge on any atom is -0.392 e. The zero-order valence-corrected chi connectivity index (χ0v) is 7.26. The van der Waals surface area contributed by atoms with Crippen LogP contribution in [-0.4, -0.2) is 44.7 Å². The second-order valence-corrected chi connectivity index (χ2v) is 2.18. The van der Waals surface area contributed by atoms with Crippen LogP contribution in [-0.2, 0) is 4.74 Å². The molecule has 0 aliphatic rings. The van der Waals surface area contributed by atoms with E-state index in [1.54, 1.807) is 7.05 Å². The summed E-state index contributed by atoms with van der Waals surface area (Å²) in [5, 5.41) is 14.6. The van der Waals surface area contributed by atoms with Crippen molar-refractivity contribution < 1.29 is 9.84 Å². The fourth-order valence-electron chi connectivity index (χ4n) is 0.677. The van der Waals surface area contributed by atoms with Crippen LogP contribution in [0.1, 0.15) is 6.92 Å². The topological polar surface area (TPSA) is 53.5 Å². The average Bonchev–Trinajstić information content (AvgIpc) is 2.05. The zero-order chi connectivity index (χ0) is 8.53. The van der Waals surface area contributed by atoms with Gasteiger partial charge in [-0.05, 0) is 13.6 Å². The van der Waals surface area contributed by atoms with E-state index in [2.05, 4.69) is 10.6 Å². The Morgan fingerprint density at radius 3 is 2.73 bits per heavy atom. The third-order valence-electron chi connectivity index (χ3n) is 1.34. The fourth-order valence-corrected chi connectivity index (χ4v) is 0.677. The number of nitrogens with one attached hydrogen (secondary N) is 2. The molecule has 0 rings (SSSR count). The molecule has 0 fully saturated rings. The number of hydrogen-bond acceptors (Lipinski definition) is 4. The van der Waals surface area contributed by atoms with Gasteiger partial charge >= 0.3 is 0 Å². The summed E-state index contributed by atoms with van der Waals surface area (Å²) in [4.78, 5) is 0. The van der Waals surface area contributed by atoms with Crippen molar-refractivity contribution in [2.24, 2.45) is 0 Å². The summed E-state index contributed by atoms with van der Waals surface area (Å²) in [6.07, 6.45) is -0.228. The Hall–Kier alpha value is -0.160. The molecule has 68 valence electrons. The minimum atomic E-state index is -0.228. The summed E-state index contributed by atoms with van der Waals surface area (Å²) in [6.45, 7) is 4.46. The molecule has 0 heterocycles. The molecule has 0 bridgehead atoms. The molecule has 0 aromatic carbocycles. The molecule has 1 atom stereocenters. The lowest BCUT2D eigenvalue weighted by Crippen LogP contribution is -2.34. The summed E-state index contributed by atoms with van der Waals surface area (Å²) in [6, 6.07) is 0. The van der Waals surface area contributed by atoms with E-state index in [1.165, 1.54) is 0 Å². The van der Waals surface area contributed by atoms with Gasteiger partial charge in [-0.15, -0.1) is 0 Å². The van der Waals surface area contributed by atoms with Crippen molar-refractivity contribution in [3.05, 3.63) is 0 Å². The van der Waals surface area contributed by atoms with E-state index in [0.29, 0.717) is 6.61 Å². The quantitative estimate of drug-likeness (QED) is 0.337. The number of aliphatic hydroxyl groups is 1. The van der Waals surface area contributed by atoms with Crippen LogP contribution < -0.4 is 10.6 Å². The molecule has 11 heavy (non-hydrogen) atoms. The molecule has 0 aliphatic heterocycles. The molecular weight excluding hydrogens is 144 g/mol. The minimum absolute atomic E-state index is 0.0165. The summed E-state index contributed by atoms with van der Waals surface area (Å²) >= 11 is 0. The molecule has 0 saturated carbocycles. The largest absolute Gasteiger partial charge is 0.392 e. The first-order valence-corrected chi connectivity index (χ1v) is 3.95. The molecule has 0 aromatic rings. The van der Waals surface area contributed by atoms with E-state index >= 15 is 0 Å². The smallest absolute Gasteiger partial charge is 0.131 e. The monoisotopic (exact) mass is 162 g/mol. The van der Waals surface area contributed by atoms with Gasteiger partial charge in [-0.3, -0.25) is 5.32 Å². The first kappa shape index (κ1) is 10.8. The highest BCUT2D eigenvalue weighted by atomic mass is 16.5. The highest BCUT2D eigenvalue weighted by Crippen LogP contribution is 1.82. The highest BCUT2D eigenvalue weighted by Gasteiger charge is 2.01. The van der Waals surface area contributed by atoms with Crippen LogP contribution in [0.2, 0.25) is 0 Å². The van der Waals surface area contributed by atoms with Gasteiger partial charge in [0, 0.05) is 6.54 Å². The lowest BCUT2D eigenvalue weighted by molar-refractivity contribution is -0.00143. The summed E-state index contributed by atoms with van der Waals surface area (Å²) < 4.78 is 5.22. The maximum absolute atomic E-state index is 8.67. The molecule has 0 aliphatic carbocycles. The maximum Gasteiger partial charge on any atom is 0.131 e. The number of ether oxygens (including phenoxy) is 1. The van der Waals surface area contributed by atoms with Crippen LogP contribution in [0.4, 0.5) is 0 Å². The van der Waals surface area contributed by atoms with Gasteiger partial charge in [0.05, 0.1) is 13.2 Å². The number of rotatable bonds is 7. The summed E-state index contributed by atoms with van der Waals surface area (Å²) in [5.74, 6) is 0. The van der Waals surface area contributed by atoms with Gasteiger partial charge in [-0.2, -0.15) is 0 Å². The summed E-state index contributed by atoms with van der Waals surface area (Å²) in [5.41, 5.74) is 0. The van der Waals surface area contributed by atoms with Gasteiger partial charge in [0.25, 0.3) is 0 Å². The van der Waals surface area contributed by atoms with E-state index < -0.39 is 0 Å². The Balaban J connectivity index is 3.07. The molecule has 4 nitrogen and oxygen atoms in total. The van der Waals surface area contributed by atoms with Crippen LogP contribution in [0.3, 0.4) is 0 Å². The molecule has 0 radical (unpaired) electrons. The van der Waals surface area contributed by atoms with Gasteiger partial charge in [0.2, 0.25) is 0 Å². The first-order chi connectivity index (χ1) is 5.35. The van der Waals surface area contributed by atoms with E-state index in [-0.39, 0.29) is 12.8 Å². The van der Waals surface area contributed by atoms with Crippen LogP contribution >= 0.6 is 0 Å². The van der Waals surface area contributed by atoms with Crippen molar-refractivity contribution in [2.75, 3.05) is 33.4 Å². The van der Waals surface area contributed by atoms with Crippen LogP contribution in [0.25, 0.3) is 0 Å². The third kappa shape index (κ3) is 6.25. The molecule has 0 aromatic heterocycles. The number of aliphatic hydroxyl groups excluding tert-OH is 1. The molecule has 1 unspecified atom stereocenters. The predicted octanol–water partition coefficient (Wildman–Crippen LogP) is -0.850. The van der Waals surface area contributed by atoms with Crippen molar-refractivity contribution in [1.82, 2.24) is 10.6 Å². The summed E-state index contributed by atoms with van der Waals surface area (Å²) in [7, 11) is 1.76. The van der Waals surface area contributed by atoms with Gasteiger partial charge in [-0.25, -0.2) is 0 Å². The zero-order valence-electron chi connectivity index (χ0n) is 7.26. The van der Waals surface area contributed by atoms with E-state index in [1.807, 2.05) is 6.92 Å². The third-order valence-corrected chi connectivity index (χ3v) is 1.34. The SMILES string of the molecule is CCNCCOC(CO)NC. The van der Waals surface area contributed by atoms with Gasteiger partial charge in [0.1, 0.15) is 6.23 Å². The Morgan fingerprint density at radius 2 is 2.27 bits per heavy atom. The van der Waals surface area contributed by atoms with E-state index in [0.717, 1.165) is 13.1 Å². The highest BCUT2D eigenvalue weighted by molar-refractivity contribution is 4.48. The van der Waals surface area contributed by atoms with E-state index in [9.17, 15) is 0 Å². The molecule has 0 spiro atoms. The molecule has 4 heteroatoms. The second kappa shape index (κ2) is 7.94. The van der Waals surface area contributed by atoms with Crippen LogP contribution in [0.5, 0.6) is 0 Å². The fraction of sp³-hybridized carbons (Fsp3) is 1.00. The molecule has 0 amide bonds. The normalized spacial score (nSPS) is 13.4. The van der Waals surface area contributed by atoms with Crippen LogP contribution in [0, 0.1) is 0 Å². The molecular formula is C7H18N2O2. The van der Waals surface area contributed by atoms with Crippen molar-refractivity contribution in [2.45, 2.75) is 13.2 Å². The second-order valence-electron chi connectivity index (χ2n) is 2.18. The average molecular weight is 162 g/mol. The van der Waals surface area contributed by atoms with Crippen molar-refractivity contribution in [3.63, 3.8) is 0 Å². The Labute approximate surface area is 67.9 Å². The predicted molar refractivity (Wildman–Crippen MR) is 44.4 cm³/mol. The molecule has 0 saturated heterocycles. The van der Waals surface area contributed by atoms with Crippen molar-refractivity contribution in [1.29, 1.82) is 0 Å². The van der Waals surface area contributed by atoms with Crippen molar-refractivity contribution >= 4 is 0 Å². The standard InChI is InChI=1S/C7H18N2O2/c1-3-9-4-5-11-7(6-10)8-2/h7-10H,3-6H2,1-2H3. The Kier molecular flexibility index (Phi) is 7.83. The van der Waals surface area contributed by atoms with E-state index in [4.69, 9.17) is 9.84 Å². The van der Waals surface area contributed by atoms with Gasteiger partial charge < -0.3 is 15.2 Å². The maximum atomic E-state index is 8.67. The van der Waals surface area contributed by atoms with Gasteiger partial charge in [-0.1, -0.05) is 6.92 Å². The lowest BCUT2D eigenvalue weighted by Gasteiger charge is -2.13. The first-order valence-electron chi connectivity index (χ1n) is 3.95. The van der Waals surface area contributed by atoms with Gasteiger partial charge in [0.15, 0.2) is 0 Å². The molecule has 3 N–H and O–H groups in total. The lowest BCUT2D eigenvalue weighted by atomic mass is 10.6. The Morgan fingerprint density at radius 1 is 1.55 bits per heavy atom. The van der Waals surface area contributed by atoms with Crippen LogP contribution in [0.15, 0.2) is 0 Å². The number of likely N-dealkylation sites (N-methyl/N-ethyl adjacent to an activating group) is 2. The van der Waals surface area contributed by atoms with Crippen molar-refractivity contribution in [3.8, 4) is 0 Å². The Bertz CT molecular complexity index is 76.8. The number of hydrogen-bond donors (Lipinski definition) is 3.